The van der Waals surface area contributed by atoms with E-state index in [0.29, 0.717) is 0 Å². The first-order valence-electron chi connectivity index (χ1n) is 7.91. The molecule has 1 N–H and O–H groups in total. The molecule has 3 nitrogen and oxygen atoms in total. The van der Waals surface area contributed by atoms with Gasteiger partial charge in [-0.2, -0.15) is 26.3 Å². The summed E-state index contributed by atoms with van der Waals surface area (Å²) in [6, 6.07) is 9.76. The summed E-state index contributed by atoms with van der Waals surface area (Å²) in [4.78, 5) is 12.2. The summed E-state index contributed by atoms with van der Waals surface area (Å²) in [6.45, 7) is 0. The number of para-hydroxylation sites is 1. The third-order valence-electron chi connectivity index (χ3n) is 3.87. The van der Waals surface area contributed by atoms with Crippen LogP contribution in [0.15, 0.2) is 59.0 Å². The maximum atomic E-state index is 13.0. The smallest absolute Gasteiger partial charge is 0.418 e. The van der Waals surface area contributed by atoms with Gasteiger partial charge in [-0.15, -0.1) is 0 Å². The van der Waals surface area contributed by atoms with Crippen LogP contribution >= 0.6 is 11.6 Å². The summed E-state index contributed by atoms with van der Waals surface area (Å²) >= 11 is 5.56. The van der Waals surface area contributed by atoms with E-state index >= 15 is 0 Å². The second-order valence-corrected chi connectivity index (χ2v) is 6.26. The van der Waals surface area contributed by atoms with Gasteiger partial charge in [-0.25, -0.2) is 0 Å². The Balaban J connectivity index is 1.87. The lowest BCUT2D eigenvalue weighted by Gasteiger charge is -2.12. The van der Waals surface area contributed by atoms with Gasteiger partial charge in [-0.05, 0) is 42.5 Å². The molecule has 1 heterocycles. The largest absolute Gasteiger partial charge is 0.451 e. The van der Waals surface area contributed by atoms with Crippen molar-refractivity contribution in [2.45, 2.75) is 12.4 Å². The van der Waals surface area contributed by atoms with Crippen molar-refractivity contribution in [1.82, 2.24) is 0 Å². The lowest BCUT2D eigenvalue weighted by Crippen LogP contribution is -2.16. The number of carbonyl (C=O) groups excluding carboxylic acids is 1. The number of hydrogen-bond acceptors (Lipinski definition) is 2. The van der Waals surface area contributed by atoms with Gasteiger partial charge in [0.1, 0.15) is 5.76 Å². The quantitative estimate of drug-likeness (QED) is 0.457. The second kappa shape index (κ2) is 7.47. The number of alkyl halides is 6. The van der Waals surface area contributed by atoms with Crippen LogP contribution in [0.3, 0.4) is 0 Å². The van der Waals surface area contributed by atoms with E-state index in [1.54, 1.807) is 0 Å². The van der Waals surface area contributed by atoms with E-state index in [-0.39, 0.29) is 17.1 Å². The maximum Gasteiger partial charge on any atom is 0.418 e. The number of furan rings is 1. The van der Waals surface area contributed by atoms with Crippen molar-refractivity contribution in [1.29, 1.82) is 0 Å². The Kier molecular flexibility index (Phi) is 5.36. The van der Waals surface area contributed by atoms with E-state index in [1.165, 1.54) is 24.3 Å². The molecule has 0 spiro atoms. The topological polar surface area (TPSA) is 42.2 Å². The summed E-state index contributed by atoms with van der Waals surface area (Å²) < 4.78 is 83.2. The van der Waals surface area contributed by atoms with Gasteiger partial charge in [-0.1, -0.05) is 23.7 Å². The Labute approximate surface area is 164 Å². The number of hydrogen-bond donors (Lipinski definition) is 1. The first kappa shape index (κ1) is 20.8. The second-order valence-electron chi connectivity index (χ2n) is 5.85. The number of rotatable bonds is 3. The molecule has 0 bridgehead atoms. The zero-order valence-electron chi connectivity index (χ0n) is 14.2. The Hall–Kier alpha value is -2.94. The SMILES string of the molecule is O=C(Nc1ccccc1C(F)(F)F)c1ccc(-c2ccc(Cl)c(C(F)(F)F)c2)o1. The molecule has 152 valence electrons. The molecule has 3 rings (SSSR count). The Morgan fingerprint density at radius 1 is 0.862 bits per heavy atom. The van der Waals surface area contributed by atoms with Crippen LogP contribution in [0.25, 0.3) is 11.3 Å². The van der Waals surface area contributed by atoms with Gasteiger partial charge in [0.25, 0.3) is 5.91 Å². The molecule has 10 heteroatoms. The van der Waals surface area contributed by atoms with Gasteiger partial charge in [0.2, 0.25) is 0 Å². The van der Waals surface area contributed by atoms with E-state index < -0.39 is 40.1 Å². The molecule has 0 saturated carbocycles. The van der Waals surface area contributed by atoms with Gasteiger partial charge in [-0.3, -0.25) is 4.79 Å². The van der Waals surface area contributed by atoms with Crippen molar-refractivity contribution >= 4 is 23.2 Å². The maximum absolute atomic E-state index is 13.0. The van der Waals surface area contributed by atoms with E-state index in [9.17, 15) is 31.1 Å². The van der Waals surface area contributed by atoms with Gasteiger partial charge < -0.3 is 9.73 Å². The van der Waals surface area contributed by atoms with Crippen molar-refractivity contribution in [3.05, 3.63) is 76.5 Å². The number of nitrogens with one attached hydrogen (secondary N) is 1. The molecule has 0 radical (unpaired) electrons. The fourth-order valence-electron chi connectivity index (χ4n) is 2.53. The monoisotopic (exact) mass is 433 g/mol. The van der Waals surface area contributed by atoms with Crippen molar-refractivity contribution in [3.63, 3.8) is 0 Å². The number of amides is 1. The van der Waals surface area contributed by atoms with E-state index in [0.717, 1.165) is 30.3 Å². The average molecular weight is 434 g/mol. The van der Waals surface area contributed by atoms with E-state index in [4.69, 9.17) is 16.0 Å². The third kappa shape index (κ3) is 4.56. The van der Waals surface area contributed by atoms with Crippen molar-refractivity contribution in [2.75, 3.05) is 5.32 Å². The van der Waals surface area contributed by atoms with Crippen LogP contribution in [0, 0.1) is 0 Å². The van der Waals surface area contributed by atoms with Gasteiger partial charge in [0.15, 0.2) is 5.76 Å². The Bertz CT molecular complexity index is 1060. The fraction of sp³-hybridized carbons (Fsp3) is 0.105. The highest BCUT2D eigenvalue weighted by Gasteiger charge is 2.34. The molecular weight excluding hydrogens is 424 g/mol. The highest BCUT2D eigenvalue weighted by molar-refractivity contribution is 6.31. The number of anilines is 1. The predicted octanol–water partition coefficient (Wildman–Crippen LogP) is 6.89. The minimum absolute atomic E-state index is 0.00327. The molecule has 0 unspecified atom stereocenters. The molecule has 0 aliphatic heterocycles. The highest BCUT2D eigenvalue weighted by Crippen LogP contribution is 2.38. The first-order valence-corrected chi connectivity index (χ1v) is 8.29. The molecule has 0 atom stereocenters. The number of halogens is 7. The lowest BCUT2D eigenvalue weighted by molar-refractivity contribution is -0.138. The van der Waals surface area contributed by atoms with Gasteiger partial charge in [0.05, 0.1) is 21.8 Å². The Morgan fingerprint density at radius 3 is 2.17 bits per heavy atom. The van der Waals surface area contributed by atoms with Crippen molar-refractivity contribution < 1.29 is 35.6 Å². The van der Waals surface area contributed by atoms with Crippen LogP contribution < -0.4 is 5.32 Å². The first-order chi connectivity index (χ1) is 13.5. The molecule has 0 saturated heterocycles. The molecule has 1 amide bonds. The minimum Gasteiger partial charge on any atom is -0.451 e. The van der Waals surface area contributed by atoms with Crippen LogP contribution in [0.5, 0.6) is 0 Å². The predicted molar refractivity (Wildman–Crippen MR) is 93.6 cm³/mol. The molecular formula is C19H10ClF6NO2. The number of benzene rings is 2. The summed E-state index contributed by atoms with van der Waals surface area (Å²) in [7, 11) is 0. The normalized spacial score (nSPS) is 12.1. The zero-order chi connectivity index (χ0) is 21.4. The molecule has 29 heavy (non-hydrogen) atoms. The Morgan fingerprint density at radius 2 is 1.52 bits per heavy atom. The molecule has 0 aliphatic rings. The van der Waals surface area contributed by atoms with Gasteiger partial charge >= 0.3 is 12.4 Å². The molecule has 0 aliphatic carbocycles. The minimum atomic E-state index is -4.69. The number of carbonyl (C=O) groups is 1. The van der Waals surface area contributed by atoms with Crippen molar-refractivity contribution in [3.8, 4) is 11.3 Å². The summed E-state index contributed by atoms with van der Waals surface area (Å²) in [6.07, 6.45) is -9.38. The summed E-state index contributed by atoms with van der Waals surface area (Å²) in [5.41, 5.74) is -2.61. The van der Waals surface area contributed by atoms with Gasteiger partial charge in [0, 0.05) is 5.56 Å². The summed E-state index contributed by atoms with van der Waals surface area (Å²) in [5.74, 6) is -1.44. The molecule has 0 fully saturated rings. The van der Waals surface area contributed by atoms with Crippen LogP contribution in [0.4, 0.5) is 32.0 Å². The van der Waals surface area contributed by atoms with Crippen LogP contribution in [-0.2, 0) is 12.4 Å². The lowest BCUT2D eigenvalue weighted by atomic mass is 10.1. The zero-order valence-corrected chi connectivity index (χ0v) is 14.9. The van der Waals surface area contributed by atoms with Crippen LogP contribution in [0.1, 0.15) is 21.7 Å². The molecule has 3 aromatic rings. The van der Waals surface area contributed by atoms with Crippen LogP contribution in [-0.4, -0.2) is 5.91 Å². The average Bonchev–Trinajstić information content (AvgIpc) is 3.11. The standard InChI is InChI=1S/C19H10ClF6NO2/c20-13-6-5-10(9-12(13)19(24,25)26)15-7-8-16(29-15)17(28)27-14-4-2-1-3-11(14)18(21,22)23/h1-9H,(H,27,28). The van der Waals surface area contributed by atoms with E-state index in [1.807, 2.05) is 0 Å². The molecule has 1 aromatic heterocycles. The van der Waals surface area contributed by atoms with Crippen molar-refractivity contribution in [2.24, 2.45) is 0 Å². The fourth-order valence-corrected chi connectivity index (χ4v) is 2.76. The summed E-state index contributed by atoms with van der Waals surface area (Å²) in [5, 5.41) is 1.58. The van der Waals surface area contributed by atoms with E-state index in [2.05, 4.69) is 5.32 Å². The van der Waals surface area contributed by atoms with Crippen LogP contribution in [0.2, 0.25) is 5.02 Å². The highest BCUT2D eigenvalue weighted by atomic mass is 35.5. The third-order valence-corrected chi connectivity index (χ3v) is 4.20. The molecule has 2 aromatic carbocycles.